The zero-order chi connectivity index (χ0) is 27.2. The van der Waals surface area contributed by atoms with E-state index in [1.807, 2.05) is 54.6 Å². The van der Waals surface area contributed by atoms with Crippen LogP contribution in [0.2, 0.25) is 0 Å². The van der Waals surface area contributed by atoms with Gasteiger partial charge in [0.05, 0.1) is 24.8 Å². The number of furan rings is 1. The third-order valence-electron chi connectivity index (χ3n) is 5.87. The molecule has 196 valence electrons. The molecule has 5 rings (SSSR count). The van der Waals surface area contributed by atoms with Crippen LogP contribution >= 0.6 is 24.0 Å². The zero-order valence-corrected chi connectivity index (χ0v) is 22.6. The molecule has 1 aromatic heterocycles. The molecule has 0 atom stereocenters. The molecular weight excluding hydrogens is 532 g/mol. The summed E-state index contributed by atoms with van der Waals surface area (Å²) in [6, 6.07) is 25.7. The van der Waals surface area contributed by atoms with E-state index in [4.69, 9.17) is 26.1 Å². The van der Waals surface area contributed by atoms with E-state index in [2.05, 4.69) is 5.32 Å². The summed E-state index contributed by atoms with van der Waals surface area (Å²) in [4.78, 5) is 27.6. The van der Waals surface area contributed by atoms with E-state index >= 15 is 0 Å². The first-order chi connectivity index (χ1) is 19.0. The Morgan fingerprint density at radius 1 is 0.949 bits per heavy atom. The van der Waals surface area contributed by atoms with Crippen LogP contribution in [0, 0.1) is 0 Å². The number of hydrogen-bond donors (Lipinski definition) is 1. The Labute approximate surface area is 235 Å². The van der Waals surface area contributed by atoms with E-state index in [0.29, 0.717) is 34.3 Å². The van der Waals surface area contributed by atoms with Gasteiger partial charge in [0.15, 0.2) is 5.11 Å². The van der Waals surface area contributed by atoms with Gasteiger partial charge >= 0.3 is 0 Å². The Bertz CT molecular complexity index is 1520. The van der Waals surface area contributed by atoms with E-state index in [1.54, 1.807) is 61.5 Å². The number of rotatable bonds is 9. The number of para-hydroxylation sites is 1. The maximum Gasteiger partial charge on any atom is 0.270 e. The van der Waals surface area contributed by atoms with Crippen LogP contribution in [0.5, 0.6) is 17.2 Å². The number of benzene rings is 3. The average molecular weight is 557 g/mol. The molecule has 1 aliphatic heterocycles. The summed E-state index contributed by atoms with van der Waals surface area (Å²) in [7, 11) is 1.61. The SMILES string of the molecule is COc1ccc(C=C2C(=O)NC(=S)N(c3ccc(Oc4ccccc4)cc3)C2=O)cc1CSCc1ccco1. The highest BCUT2D eigenvalue weighted by Gasteiger charge is 2.34. The van der Waals surface area contributed by atoms with Crippen molar-refractivity contribution in [1.29, 1.82) is 0 Å². The summed E-state index contributed by atoms with van der Waals surface area (Å²) in [6.45, 7) is 0. The largest absolute Gasteiger partial charge is 0.496 e. The number of hydrogen-bond acceptors (Lipinski definition) is 7. The van der Waals surface area contributed by atoms with Gasteiger partial charge in [-0.25, -0.2) is 0 Å². The number of thiocarbonyl (C=S) groups is 1. The van der Waals surface area contributed by atoms with Crippen molar-refractivity contribution in [3.05, 3.63) is 114 Å². The first-order valence-corrected chi connectivity index (χ1v) is 13.6. The molecule has 2 heterocycles. The number of nitrogens with zero attached hydrogens (tertiary/aromatic N) is 1. The Morgan fingerprint density at radius 3 is 2.44 bits per heavy atom. The molecule has 7 nitrogen and oxygen atoms in total. The van der Waals surface area contributed by atoms with Crippen LogP contribution in [-0.4, -0.2) is 24.0 Å². The number of nitrogens with one attached hydrogen (secondary N) is 1. The molecule has 0 spiro atoms. The average Bonchev–Trinajstić information content (AvgIpc) is 3.46. The van der Waals surface area contributed by atoms with Crippen LogP contribution in [0.15, 0.2) is 101 Å². The van der Waals surface area contributed by atoms with Crippen molar-refractivity contribution in [3.8, 4) is 17.2 Å². The molecule has 9 heteroatoms. The summed E-state index contributed by atoms with van der Waals surface area (Å²) >= 11 is 7.01. The lowest BCUT2D eigenvalue weighted by Gasteiger charge is -2.29. The van der Waals surface area contributed by atoms with Gasteiger partial charge in [0.2, 0.25) is 0 Å². The molecule has 1 fully saturated rings. The molecule has 0 bridgehead atoms. The second-order valence-electron chi connectivity index (χ2n) is 8.51. The number of ether oxygens (including phenoxy) is 2. The molecule has 1 N–H and O–H groups in total. The molecular formula is C30H24N2O5S2. The monoisotopic (exact) mass is 556 g/mol. The van der Waals surface area contributed by atoms with Gasteiger partial charge in [-0.2, -0.15) is 0 Å². The van der Waals surface area contributed by atoms with Gasteiger partial charge in [0.1, 0.15) is 28.6 Å². The smallest absolute Gasteiger partial charge is 0.270 e. The summed E-state index contributed by atoms with van der Waals surface area (Å²) < 4.78 is 16.8. The lowest BCUT2D eigenvalue weighted by Crippen LogP contribution is -2.54. The van der Waals surface area contributed by atoms with Gasteiger partial charge in [-0.1, -0.05) is 24.3 Å². The van der Waals surface area contributed by atoms with Crippen LogP contribution in [0.25, 0.3) is 6.08 Å². The second-order valence-corrected chi connectivity index (χ2v) is 9.88. The van der Waals surface area contributed by atoms with Crippen LogP contribution in [0.3, 0.4) is 0 Å². The molecule has 0 unspecified atom stereocenters. The maximum atomic E-state index is 13.5. The molecule has 1 aliphatic rings. The van der Waals surface area contributed by atoms with Gasteiger partial charge in [-0.05, 0) is 84.5 Å². The highest BCUT2D eigenvalue weighted by molar-refractivity contribution is 7.97. The van der Waals surface area contributed by atoms with Crippen molar-refractivity contribution in [1.82, 2.24) is 5.32 Å². The Balaban J connectivity index is 1.35. The Morgan fingerprint density at radius 2 is 1.72 bits per heavy atom. The van der Waals surface area contributed by atoms with Crippen LogP contribution < -0.4 is 19.7 Å². The van der Waals surface area contributed by atoms with Crippen LogP contribution in [0.4, 0.5) is 5.69 Å². The zero-order valence-electron chi connectivity index (χ0n) is 21.0. The minimum atomic E-state index is -0.546. The van der Waals surface area contributed by atoms with Crippen LogP contribution in [-0.2, 0) is 21.1 Å². The van der Waals surface area contributed by atoms with Gasteiger partial charge in [0, 0.05) is 11.3 Å². The predicted molar refractivity (Wildman–Crippen MR) is 156 cm³/mol. The molecule has 3 aromatic carbocycles. The summed E-state index contributed by atoms with van der Waals surface area (Å²) in [5.74, 6) is 3.24. The van der Waals surface area contributed by atoms with Crippen LogP contribution in [0.1, 0.15) is 16.9 Å². The van der Waals surface area contributed by atoms with Gasteiger partial charge in [-0.15, -0.1) is 11.8 Å². The number of carbonyl (C=O) groups excluding carboxylic acids is 2. The number of thioether (sulfide) groups is 1. The summed E-state index contributed by atoms with van der Waals surface area (Å²) in [5.41, 5.74) is 2.13. The number of methoxy groups -OCH3 is 1. The van der Waals surface area contributed by atoms with Crippen molar-refractivity contribution in [2.75, 3.05) is 12.0 Å². The Kier molecular flexibility index (Phi) is 8.10. The predicted octanol–water partition coefficient (Wildman–Crippen LogP) is 6.35. The lowest BCUT2D eigenvalue weighted by molar-refractivity contribution is -0.122. The quantitative estimate of drug-likeness (QED) is 0.146. The summed E-state index contributed by atoms with van der Waals surface area (Å²) in [6.07, 6.45) is 3.22. The fourth-order valence-electron chi connectivity index (χ4n) is 4.00. The fourth-order valence-corrected chi connectivity index (χ4v) is 5.20. The number of carbonyl (C=O) groups is 2. The van der Waals surface area contributed by atoms with Gasteiger partial charge in [-0.3, -0.25) is 19.8 Å². The number of amides is 2. The van der Waals surface area contributed by atoms with E-state index in [0.717, 1.165) is 17.1 Å². The minimum Gasteiger partial charge on any atom is -0.496 e. The topological polar surface area (TPSA) is 81.0 Å². The van der Waals surface area contributed by atoms with Crippen molar-refractivity contribution < 1.29 is 23.5 Å². The van der Waals surface area contributed by atoms with E-state index in [1.165, 1.54) is 4.90 Å². The Hall–Kier alpha value is -4.34. The highest BCUT2D eigenvalue weighted by Crippen LogP contribution is 2.29. The second kappa shape index (κ2) is 12.0. The van der Waals surface area contributed by atoms with Gasteiger partial charge in [0.25, 0.3) is 11.8 Å². The fraction of sp³-hybridized carbons (Fsp3) is 0.100. The third kappa shape index (κ3) is 6.22. The van der Waals surface area contributed by atoms with Gasteiger partial charge < -0.3 is 13.9 Å². The molecule has 39 heavy (non-hydrogen) atoms. The molecule has 0 aliphatic carbocycles. The summed E-state index contributed by atoms with van der Waals surface area (Å²) in [5, 5.41) is 2.65. The van der Waals surface area contributed by atoms with Crippen molar-refractivity contribution in [2.45, 2.75) is 11.5 Å². The van der Waals surface area contributed by atoms with E-state index in [-0.39, 0.29) is 10.7 Å². The first kappa shape index (κ1) is 26.3. The van der Waals surface area contributed by atoms with Crippen molar-refractivity contribution >= 4 is 52.7 Å². The first-order valence-electron chi connectivity index (χ1n) is 12.0. The van der Waals surface area contributed by atoms with Crippen molar-refractivity contribution in [2.24, 2.45) is 0 Å². The van der Waals surface area contributed by atoms with Crippen molar-refractivity contribution in [3.63, 3.8) is 0 Å². The standard InChI is InChI=1S/C30H24N2O5S2/c1-35-27-14-9-20(16-21(27)18-39-19-25-8-5-15-36-25)17-26-28(33)31-30(38)32(29(26)34)22-10-12-24(13-11-22)37-23-6-3-2-4-7-23/h2-17H,18-19H2,1H3,(H,31,33,38). The molecule has 4 aromatic rings. The maximum absolute atomic E-state index is 13.5. The molecule has 2 amide bonds. The third-order valence-corrected chi connectivity index (χ3v) is 7.16. The molecule has 0 radical (unpaired) electrons. The van der Waals surface area contributed by atoms with E-state index < -0.39 is 11.8 Å². The normalized spacial score (nSPS) is 14.4. The molecule has 1 saturated heterocycles. The minimum absolute atomic E-state index is 0.0172. The van der Waals surface area contributed by atoms with E-state index in [9.17, 15) is 9.59 Å². The lowest BCUT2D eigenvalue weighted by atomic mass is 10.0. The highest BCUT2D eigenvalue weighted by atomic mass is 32.2. The molecule has 0 saturated carbocycles. The number of anilines is 1.